The third-order valence-electron chi connectivity index (χ3n) is 1.45. The number of rotatable bonds is 4. The first-order valence-electron chi connectivity index (χ1n) is 3.60. The van der Waals surface area contributed by atoms with E-state index in [-0.39, 0.29) is 0 Å². The average molecular weight is 205 g/mol. The number of aromatic nitrogens is 3. The molecule has 0 saturated heterocycles. The maximum absolute atomic E-state index is 10.7. The van der Waals surface area contributed by atoms with Gasteiger partial charge in [0.15, 0.2) is 4.77 Å². The quantitative estimate of drug-likeness (QED) is 0.736. The van der Waals surface area contributed by atoms with Crippen LogP contribution in [0.5, 0.6) is 0 Å². The van der Waals surface area contributed by atoms with Crippen LogP contribution in [-0.2, 0) is 17.3 Å². The van der Waals surface area contributed by atoms with E-state index in [9.17, 15) is 4.21 Å². The summed E-state index contributed by atoms with van der Waals surface area (Å²) in [4.78, 5) is 0. The molecule has 12 heavy (non-hydrogen) atoms. The third-order valence-corrected chi connectivity index (χ3v) is 2.64. The second kappa shape index (κ2) is 4.51. The molecule has 0 aliphatic heterocycles. The third kappa shape index (κ3) is 2.86. The number of aromatic amines is 1. The number of aryl methyl sites for hydroxylation is 1. The minimum Gasteiger partial charge on any atom is -0.307 e. The number of nitrogens with one attached hydrogen (secondary N) is 1. The Labute approximate surface area is 78.5 Å². The van der Waals surface area contributed by atoms with E-state index in [1.807, 2.05) is 4.57 Å². The Morgan fingerprint density at radius 1 is 1.83 bits per heavy atom. The van der Waals surface area contributed by atoms with Crippen molar-refractivity contribution in [3.05, 3.63) is 11.1 Å². The molecule has 1 heterocycles. The number of nitrogens with zero attached hydrogens (tertiary/aromatic N) is 2. The molecule has 68 valence electrons. The second-order valence-electron chi connectivity index (χ2n) is 2.49. The van der Waals surface area contributed by atoms with Crippen molar-refractivity contribution >= 4 is 23.0 Å². The monoisotopic (exact) mass is 205 g/mol. The van der Waals surface area contributed by atoms with Gasteiger partial charge in [-0.2, -0.15) is 5.10 Å². The van der Waals surface area contributed by atoms with Gasteiger partial charge in [-0.15, -0.1) is 0 Å². The number of H-pyrrole nitrogens is 1. The molecule has 0 fully saturated rings. The largest absolute Gasteiger partial charge is 0.307 e. The second-order valence-corrected chi connectivity index (χ2v) is 4.43. The Balaban J connectivity index is 2.39. The first-order valence-corrected chi connectivity index (χ1v) is 5.73. The van der Waals surface area contributed by atoms with E-state index in [2.05, 4.69) is 10.2 Å². The standard InChI is InChI=1S/C6H11N3OS2/c1-12(10)4-2-3-9-5-7-8-6(9)11/h5H,2-4H2,1H3,(H,8,11). The van der Waals surface area contributed by atoms with Crippen molar-refractivity contribution < 1.29 is 4.21 Å². The molecule has 0 bridgehead atoms. The molecule has 0 radical (unpaired) electrons. The summed E-state index contributed by atoms with van der Waals surface area (Å²) in [5, 5.41) is 6.44. The van der Waals surface area contributed by atoms with Gasteiger partial charge in [-0.3, -0.25) is 9.31 Å². The molecule has 0 aromatic carbocycles. The minimum absolute atomic E-state index is 0.622. The summed E-state index contributed by atoms with van der Waals surface area (Å²) < 4.78 is 13.2. The van der Waals surface area contributed by atoms with E-state index in [1.165, 1.54) is 0 Å². The molecule has 1 aromatic rings. The molecule has 1 unspecified atom stereocenters. The van der Waals surface area contributed by atoms with Crippen LogP contribution in [0.1, 0.15) is 6.42 Å². The fraction of sp³-hybridized carbons (Fsp3) is 0.667. The van der Waals surface area contributed by atoms with E-state index in [0.717, 1.165) is 13.0 Å². The smallest absolute Gasteiger partial charge is 0.194 e. The highest BCUT2D eigenvalue weighted by Crippen LogP contribution is 1.92. The van der Waals surface area contributed by atoms with Gasteiger partial charge in [-0.25, -0.2) is 0 Å². The van der Waals surface area contributed by atoms with Crippen LogP contribution in [0, 0.1) is 4.77 Å². The van der Waals surface area contributed by atoms with Gasteiger partial charge in [-0.1, -0.05) is 0 Å². The van der Waals surface area contributed by atoms with Gasteiger partial charge in [0.2, 0.25) is 0 Å². The summed E-state index contributed by atoms with van der Waals surface area (Å²) in [6, 6.07) is 0. The van der Waals surface area contributed by atoms with Gasteiger partial charge >= 0.3 is 0 Å². The van der Waals surface area contributed by atoms with Crippen LogP contribution in [0.15, 0.2) is 6.33 Å². The molecule has 6 heteroatoms. The van der Waals surface area contributed by atoms with Gasteiger partial charge in [0.05, 0.1) is 0 Å². The zero-order chi connectivity index (χ0) is 8.97. The molecule has 0 amide bonds. The molecule has 1 atom stereocenters. The average Bonchev–Trinajstić information content (AvgIpc) is 2.36. The number of hydrogen-bond donors (Lipinski definition) is 1. The Kier molecular flexibility index (Phi) is 3.61. The Bertz CT molecular complexity index is 317. The molecule has 1 aromatic heterocycles. The summed E-state index contributed by atoms with van der Waals surface area (Å²) in [7, 11) is -0.712. The zero-order valence-electron chi connectivity index (χ0n) is 6.82. The van der Waals surface area contributed by atoms with Crippen LogP contribution < -0.4 is 0 Å². The highest BCUT2D eigenvalue weighted by molar-refractivity contribution is 7.84. The van der Waals surface area contributed by atoms with Gasteiger partial charge in [0, 0.05) is 29.4 Å². The van der Waals surface area contributed by atoms with Crippen LogP contribution in [0.4, 0.5) is 0 Å². The van der Waals surface area contributed by atoms with Crippen molar-refractivity contribution in [2.45, 2.75) is 13.0 Å². The van der Waals surface area contributed by atoms with Gasteiger partial charge in [0.1, 0.15) is 6.33 Å². The normalized spacial score (nSPS) is 13.1. The van der Waals surface area contributed by atoms with Crippen LogP contribution in [-0.4, -0.2) is 31.0 Å². The Hall–Kier alpha value is -0.490. The van der Waals surface area contributed by atoms with Gasteiger partial charge in [-0.05, 0) is 18.6 Å². The predicted molar refractivity (Wildman–Crippen MR) is 51.0 cm³/mol. The maximum atomic E-state index is 10.7. The summed E-state index contributed by atoms with van der Waals surface area (Å²) >= 11 is 4.93. The van der Waals surface area contributed by atoms with E-state index in [4.69, 9.17) is 12.2 Å². The topological polar surface area (TPSA) is 50.7 Å². The lowest BCUT2D eigenvalue weighted by molar-refractivity contribution is 0.655. The molecule has 0 saturated carbocycles. The summed E-state index contributed by atoms with van der Waals surface area (Å²) in [6.07, 6.45) is 4.23. The molecule has 0 aliphatic carbocycles. The molecule has 1 rings (SSSR count). The fourth-order valence-electron chi connectivity index (χ4n) is 0.868. The van der Waals surface area contributed by atoms with E-state index in [0.29, 0.717) is 10.5 Å². The van der Waals surface area contributed by atoms with E-state index in [1.54, 1.807) is 12.6 Å². The highest BCUT2D eigenvalue weighted by atomic mass is 32.2. The van der Waals surface area contributed by atoms with Crippen molar-refractivity contribution in [1.82, 2.24) is 14.8 Å². The first-order chi connectivity index (χ1) is 5.70. The van der Waals surface area contributed by atoms with Crippen molar-refractivity contribution in [2.24, 2.45) is 0 Å². The lowest BCUT2D eigenvalue weighted by Crippen LogP contribution is -2.02. The van der Waals surface area contributed by atoms with E-state index >= 15 is 0 Å². The van der Waals surface area contributed by atoms with Crippen LogP contribution >= 0.6 is 12.2 Å². The molecule has 0 aliphatic rings. The van der Waals surface area contributed by atoms with Gasteiger partial charge in [0.25, 0.3) is 0 Å². The lowest BCUT2D eigenvalue weighted by atomic mass is 10.5. The molecule has 4 nitrogen and oxygen atoms in total. The van der Waals surface area contributed by atoms with Gasteiger partial charge < -0.3 is 4.57 Å². The lowest BCUT2D eigenvalue weighted by Gasteiger charge is -1.98. The summed E-state index contributed by atoms with van der Waals surface area (Å²) in [5.41, 5.74) is 0. The predicted octanol–water partition coefficient (Wildman–Crippen LogP) is 0.709. The molecule has 1 N–H and O–H groups in total. The van der Waals surface area contributed by atoms with Crippen molar-refractivity contribution in [3.63, 3.8) is 0 Å². The van der Waals surface area contributed by atoms with Crippen LogP contribution in [0.25, 0.3) is 0 Å². The fourth-order valence-corrected chi connectivity index (χ4v) is 1.59. The van der Waals surface area contributed by atoms with E-state index < -0.39 is 10.8 Å². The minimum atomic E-state index is -0.712. The molecular weight excluding hydrogens is 194 g/mol. The van der Waals surface area contributed by atoms with Crippen LogP contribution in [0.3, 0.4) is 0 Å². The highest BCUT2D eigenvalue weighted by Gasteiger charge is 1.95. The Morgan fingerprint density at radius 2 is 2.58 bits per heavy atom. The first kappa shape index (κ1) is 9.60. The molecule has 0 spiro atoms. The van der Waals surface area contributed by atoms with Crippen molar-refractivity contribution in [3.8, 4) is 0 Å². The van der Waals surface area contributed by atoms with Crippen LogP contribution in [0.2, 0.25) is 0 Å². The van der Waals surface area contributed by atoms with Crippen molar-refractivity contribution in [2.75, 3.05) is 12.0 Å². The zero-order valence-corrected chi connectivity index (χ0v) is 8.45. The van der Waals surface area contributed by atoms with Crippen molar-refractivity contribution in [1.29, 1.82) is 0 Å². The number of hydrogen-bond acceptors (Lipinski definition) is 3. The Morgan fingerprint density at radius 3 is 3.08 bits per heavy atom. The summed E-state index contributed by atoms with van der Waals surface area (Å²) in [6.45, 7) is 0.787. The summed E-state index contributed by atoms with van der Waals surface area (Å²) in [5.74, 6) is 0.715. The molecular formula is C6H11N3OS2. The SMILES string of the molecule is CS(=O)CCCn1cn[nH]c1=S. The maximum Gasteiger partial charge on any atom is 0.194 e.